The number of aromatic carboxylic acids is 1. The molecule has 2 aromatic heterocycles. The number of aromatic nitrogens is 3. The van der Waals surface area contributed by atoms with Gasteiger partial charge in [-0.3, -0.25) is 4.68 Å². The maximum atomic E-state index is 11.5. The first-order valence-corrected chi connectivity index (χ1v) is 6.19. The molecule has 0 saturated carbocycles. The third-order valence-electron chi connectivity index (χ3n) is 3.28. The van der Waals surface area contributed by atoms with E-state index < -0.39 is 5.97 Å². The summed E-state index contributed by atoms with van der Waals surface area (Å²) >= 11 is 0. The molecular formula is C15H13N3O2. The number of carbonyl (C=O) groups is 1. The molecule has 100 valence electrons. The van der Waals surface area contributed by atoms with Crippen molar-refractivity contribution in [1.82, 2.24) is 14.8 Å². The molecule has 0 fully saturated rings. The van der Waals surface area contributed by atoms with Crippen LogP contribution < -0.4 is 0 Å². The van der Waals surface area contributed by atoms with Gasteiger partial charge in [0.15, 0.2) is 0 Å². The predicted octanol–water partition coefficient (Wildman–Crippen LogP) is 2.64. The first kappa shape index (κ1) is 12.3. The summed E-state index contributed by atoms with van der Waals surface area (Å²) in [5.41, 5.74) is 3.34. The zero-order valence-corrected chi connectivity index (χ0v) is 11.2. The highest BCUT2D eigenvalue weighted by atomic mass is 16.4. The van der Waals surface area contributed by atoms with Crippen molar-refractivity contribution < 1.29 is 9.90 Å². The number of hydrogen-bond donors (Lipinski definition) is 1. The monoisotopic (exact) mass is 267 g/mol. The highest BCUT2D eigenvalue weighted by molar-refractivity contribution is 6.03. The Morgan fingerprint density at radius 2 is 2.05 bits per heavy atom. The minimum absolute atomic E-state index is 0.259. The smallest absolute Gasteiger partial charge is 0.336 e. The zero-order valence-electron chi connectivity index (χ0n) is 11.2. The molecule has 0 spiro atoms. The number of carboxylic acid groups (broad SMARTS) is 1. The van der Waals surface area contributed by atoms with Crippen LogP contribution in [0.3, 0.4) is 0 Å². The van der Waals surface area contributed by atoms with E-state index in [2.05, 4.69) is 10.1 Å². The van der Waals surface area contributed by atoms with Crippen molar-refractivity contribution in [3.05, 3.63) is 47.7 Å². The van der Waals surface area contributed by atoms with Gasteiger partial charge < -0.3 is 5.11 Å². The van der Waals surface area contributed by atoms with E-state index in [1.54, 1.807) is 24.0 Å². The van der Waals surface area contributed by atoms with Gasteiger partial charge in [0.25, 0.3) is 0 Å². The lowest BCUT2D eigenvalue weighted by atomic mass is 10.0. The van der Waals surface area contributed by atoms with Crippen molar-refractivity contribution in [2.45, 2.75) is 6.92 Å². The number of nitrogens with zero attached hydrogens (tertiary/aromatic N) is 3. The van der Waals surface area contributed by atoms with Gasteiger partial charge in [0.2, 0.25) is 0 Å². The molecule has 0 radical (unpaired) electrons. The van der Waals surface area contributed by atoms with Crippen LogP contribution in [-0.2, 0) is 7.05 Å². The fourth-order valence-electron chi connectivity index (χ4n) is 2.27. The zero-order chi connectivity index (χ0) is 14.3. The molecule has 5 heteroatoms. The topological polar surface area (TPSA) is 68.0 Å². The molecule has 1 N–H and O–H groups in total. The summed E-state index contributed by atoms with van der Waals surface area (Å²) in [6.45, 7) is 1.93. The first-order valence-electron chi connectivity index (χ1n) is 6.19. The first-order chi connectivity index (χ1) is 9.56. The molecular weight excluding hydrogens is 254 g/mol. The van der Waals surface area contributed by atoms with E-state index in [4.69, 9.17) is 0 Å². The molecule has 2 heterocycles. The maximum Gasteiger partial charge on any atom is 0.336 e. The van der Waals surface area contributed by atoms with Crippen LogP contribution in [0, 0.1) is 6.92 Å². The van der Waals surface area contributed by atoms with Crippen molar-refractivity contribution in [3.8, 4) is 11.4 Å². The molecule has 0 atom stereocenters. The minimum Gasteiger partial charge on any atom is -0.478 e. The van der Waals surface area contributed by atoms with Gasteiger partial charge >= 0.3 is 5.97 Å². The Balaban J connectivity index is 2.34. The molecule has 0 saturated heterocycles. The van der Waals surface area contributed by atoms with Gasteiger partial charge in [0, 0.05) is 18.6 Å². The summed E-state index contributed by atoms with van der Waals surface area (Å²) < 4.78 is 1.67. The summed E-state index contributed by atoms with van der Waals surface area (Å²) in [4.78, 5) is 16.0. The molecule has 5 nitrogen and oxygen atoms in total. The van der Waals surface area contributed by atoms with E-state index >= 15 is 0 Å². The largest absolute Gasteiger partial charge is 0.478 e. The average molecular weight is 267 g/mol. The Labute approximate surface area is 115 Å². The van der Waals surface area contributed by atoms with Crippen LogP contribution in [0.2, 0.25) is 0 Å². The summed E-state index contributed by atoms with van der Waals surface area (Å²) in [5.74, 6) is -0.952. The number of benzene rings is 1. The molecule has 3 rings (SSSR count). The highest BCUT2D eigenvalue weighted by Crippen LogP contribution is 2.25. The fourth-order valence-corrected chi connectivity index (χ4v) is 2.27. The predicted molar refractivity (Wildman–Crippen MR) is 75.6 cm³/mol. The standard InChI is InChI=1S/C15H13N3O2/c1-9-3-4-12-10(7-9)11(15(19)20)8-13(17-12)14-5-6-16-18(14)2/h3-8H,1-2H3,(H,19,20). The van der Waals surface area contributed by atoms with Gasteiger partial charge in [-0.1, -0.05) is 11.6 Å². The lowest BCUT2D eigenvalue weighted by molar-refractivity contribution is 0.0699. The molecule has 20 heavy (non-hydrogen) atoms. The number of hydrogen-bond acceptors (Lipinski definition) is 3. The maximum absolute atomic E-state index is 11.5. The van der Waals surface area contributed by atoms with Crippen molar-refractivity contribution in [3.63, 3.8) is 0 Å². The number of rotatable bonds is 2. The lowest BCUT2D eigenvalue weighted by Gasteiger charge is -2.08. The fraction of sp³-hybridized carbons (Fsp3) is 0.133. The van der Waals surface area contributed by atoms with Crippen LogP contribution in [0.4, 0.5) is 0 Å². The summed E-state index contributed by atoms with van der Waals surface area (Å²) in [6, 6.07) is 9.03. The molecule has 0 aliphatic heterocycles. The Bertz CT molecular complexity index is 821. The number of carboxylic acids is 1. The van der Waals surface area contributed by atoms with E-state index in [1.165, 1.54) is 0 Å². The molecule has 1 aromatic carbocycles. The number of aryl methyl sites for hydroxylation is 2. The molecule has 3 aromatic rings. The SMILES string of the molecule is Cc1ccc2nc(-c3ccnn3C)cc(C(=O)O)c2c1. The van der Waals surface area contributed by atoms with E-state index in [1.807, 2.05) is 31.2 Å². The normalized spacial score (nSPS) is 10.9. The van der Waals surface area contributed by atoms with Crippen molar-refractivity contribution in [2.24, 2.45) is 7.05 Å². The molecule has 0 amide bonds. The van der Waals surface area contributed by atoms with Crippen molar-refractivity contribution in [2.75, 3.05) is 0 Å². The highest BCUT2D eigenvalue weighted by Gasteiger charge is 2.14. The van der Waals surface area contributed by atoms with E-state index in [9.17, 15) is 9.90 Å². The second-order valence-electron chi connectivity index (χ2n) is 4.72. The summed E-state index contributed by atoms with van der Waals surface area (Å²) in [5, 5.41) is 14.2. The van der Waals surface area contributed by atoms with E-state index in [-0.39, 0.29) is 5.56 Å². The Morgan fingerprint density at radius 1 is 1.25 bits per heavy atom. The van der Waals surface area contributed by atoms with Crippen molar-refractivity contribution >= 4 is 16.9 Å². The van der Waals surface area contributed by atoms with Crippen LogP contribution in [0.5, 0.6) is 0 Å². The van der Waals surface area contributed by atoms with Gasteiger partial charge in [-0.2, -0.15) is 5.10 Å². The van der Waals surface area contributed by atoms with Crippen LogP contribution in [0.1, 0.15) is 15.9 Å². The third-order valence-corrected chi connectivity index (χ3v) is 3.28. The van der Waals surface area contributed by atoms with Crippen LogP contribution >= 0.6 is 0 Å². The number of fused-ring (bicyclic) bond motifs is 1. The van der Waals surface area contributed by atoms with Crippen LogP contribution in [0.15, 0.2) is 36.5 Å². The van der Waals surface area contributed by atoms with Gasteiger partial charge in [-0.25, -0.2) is 9.78 Å². The lowest BCUT2D eigenvalue weighted by Crippen LogP contribution is -2.02. The minimum atomic E-state index is -0.952. The van der Waals surface area contributed by atoms with Gasteiger partial charge in [-0.15, -0.1) is 0 Å². The Morgan fingerprint density at radius 3 is 2.70 bits per heavy atom. The Hall–Kier alpha value is -2.69. The average Bonchev–Trinajstić information content (AvgIpc) is 2.83. The quantitative estimate of drug-likeness (QED) is 0.775. The summed E-state index contributed by atoms with van der Waals surface area (Å²) in [6.07, 6.45) is 1.66. The van der Waals surface area contributed by atoms with Crippen molar-refractivity contribution in [1.29, 1.82) is 0 Å². The van der Waals surface area contributed by atoms with Crippen LogP contribution in [-0.4, -0.2) is 25.8 Å². The summed E-state index contributed by atoms with van der Waals surface area (Å²) in [7, 11) is 1.80. The van der Waals surface area contributed by atoms with Gasteiger partial charge in [0.1, 0.15) is 0 Å². The number of pyridine rings is 1. The second-order valence-corrected chi connectivity index (χ2v) is 4.72. The van der Waals surface area contributed by atoms with E-state index in [0.29, 0.717) is 16.6 Å². The second kappa shape index (κ2) is 4.45. The molecule has 0 aliphatic carbocycles. The van der Waals surface area contributed by atoms with E-state index in [0.717, 1.165) is 11.3 Å². The molecule has 0 bridgehead atoms. The van der Waals surface area contributed by atoms with Crippen LogP contribution in [0.25, 0.3) is 22.3 Å². The Kier molecular flexibility index (Phi) is 2.75. The third kappa shape index (κ3) is 1.93. The van der Waals surface area contributed by atoms with Gasteiger partial charge in [0.05, 0.1) is 22.5 Å². The molecule has 0 unspecified atom stereocenters. The molecule has 0 aliphatic rings. The van der Waals surface area contributed by atoms with Gasteiger partial charge in [-0.05, 0) is 31.2 Å².